The molecule has 0 aliphatic heterocycles. The monoisotopic (exact) mass is 299 g/mol. The summed E-state index contributed by atoms with van der Waals surface area (Å²) in [5, 5.41) is 5.20. The van der Waals surface area contributed by atoms with E-state index >= 15 is 0 Å². The smallest absolute Gasteiger partial charge is 0.0468 e. The molecule has 1 N–H and O–H groups in total. The summed E-state index contributed by atoms with van der Waals surface area (Å²) in [5.74, 6) is 0.707. The molecular formula is C16H23Cl2N. The number of nitrogens with one attached hydrogen (secondary N) is 1. The normalized spacial score (nSPS) is 18.5. The highest BCUT2D eigenvalue weighted by Crippen LogP contribution is 2.37. The van der Waals surface area contributed by atoms with Gasteiger partial charge in [0.1, 0.15) is 0 Å². The first-order chi connectivity index (χ1) is 9.22. The van der Waals surface area contributed by atoms with E-state index in [4.69, 9.17) is 23.2 Å². The van der Waals surface area contributed by atoms with Crippen LogP contribution in [0.5, 0.6) is 0 Å². The molecule has 0 aromatic heterocycles. The lowest BCUT2D eigenvalue weighted by atomic mass is 9.81. The van der Waals surface area contributed by atoms with Crippen LogP contribution in [0.1, 0.15) is 57.1 Å². The summed E-state index contributed by atoms with van der Waals surface area (Å²) in [4.78, 5) is 0. The molecule has 2 rings (SSSR count). The van der Waals surface area contributed by atoms with Gasteiger partial charge in [-0.05, 0) is 49.4 Å². The van der Waals surface area contributed by atoms with Gasteiger partial charge >= 0.3 is 0 Å². The van der Waals surface area contributed by atoms with Gasteiger partial charge in [-0.15, -0.1) is 0 Å². The van der Waals surface area contributed by atoms with Crippen LogP contribution in [0, 0.1) is 5.92 Å². The fraction of sp³-hybridized carbons (Fsp3) is 0.625. The van der Waals surface area contributed by atoms with Gasteiger partial charge in [0, 0.05) is 16.1 Å². The number of halogens is 2. The van der Waals surface area contributed by atoms with E-state index in [-0.39, 0.29) is 0 Å². The zero-order chi connectivity index (χ0) is 13.7. The molecule has 1 aromatic rings. The summed E-state index contributed by atoms with van der Waals surface area (Å²) in [5.41, 5.74) is 1.21. The SMILES string of the molecule is CCCNC(c1ccc(Cl)cc1Cl)C1CCCCC1. The Morgan fingerprint density at radius 1 is 1.21 bits per heavy atom. The summed E-state index contributed by atoms with van der Waals surface area (Å²) in [7, 11) is 0. The molecule has 0 saturated heterocycles. The molecular weight excluding hydrogens is 277 g/mol. The van der Waals surface area contributed by atoms with Crippen molar-refractivity contribution in [3.63, 3.8) is 0 Å². The molecule has 1 fully saturated rings. The third-order valence-electron chi connectivity index (χ3n) is 4.03. The molecule has 0 bridgehead atoms. The highest BCUT2D eigenvalue weighted by molar-refractivity contribution is 6.35. The van der Waals surface area contributed by atoms with Crippen LogP contribution < -0.4 is 5.32 Å². The zero-order valence-corrected chi connectivity index (χ0v) is 13.1. The van der Waals surface area contributed by atoms with E-state index in [1.165, 1.54) is 37.7 Å². The van der Waals surface area contributed by atoms with Gasteiger partial charge < -0.3 is 5.32 Å². The Balaban J connectivity index is 2.19. The van der Waals surface area contributed by atoms with Crippen molar-refractivity contribution in [3.05, 3.63) is 33.8 Å². The van der Waals surface area contributed by atoms with Gasteiger partial charge in [0.15, 0.2) is 0 Å². The molecule has 0 radical (unpaired) electrons. The van der Waals surface area contributed by atoms with Crippen molar-refractivity contribution in [2.24, 2.45) is 5.92 Å². The van der Waals surface area contributed by atoms with Crippen LogP contribution >= 0.6 is 23.2 Å². The van der Waals surface area contributed by atoms with Gasteiger partial charge in [0.25, 0.3) is 0 Å². The molecule has 1 aliphatic rings. The summed E-state index contributed by atoms with van der Waals surface area (Å²) in [6.07, 6.45) is 7.83. The van der Waals surface area contributed by atoms with Crippen LogP contribution in [-0.4, -0.2) is 6.54 Å². The Morgan fingerprint density at radius 2 is 1.95 bits per heavy atom. The largest absolute Gasteiger partial charge is 0.310 e. The lowest BCUT2D eigenvalue weighted by molar-refractivity contribution is 0.272. The van der Waals surface area contributed by atoms with Gasteiger partial charge in [0.2, 0.25) is 0 Å². The van der Waals surface area contributed by atoms with Gasteiger partial charge in [0.05, 0.1) is 0 Å². The molecule has 3 heteroatoms. The number of hydrogen-bond donors (Lipinski definition) is 1. The van der Waals surface area contributed by atoms with E-state index in [0.717, 1.165) is 18.0 Å². The van der Waals surface area contributed by atoms with Gasteiger partial charge in [-0.1, -0.05) is 55.5 Å². The standard InChI is InChI=1S/C16H23Cl2N/c1-2-10-19-16(12-6-4-3-5-7-12)14-9-8-13(17)11-15(14)18/h8-9,11-12,16,19H,2-7,10H2,1H3. The summed E-state index contributed by atoms with van der Waals surface area (Å²) in [6, 6.07) is 6.28. The Morgan fingerprint density at radius 3 is 2.58 bits per heavy atom. The van der Waals surface area contributed by atoms with Crippen LogP contribution in [0.15, 0.2) is 18.2 Å². The van der Waals surface area contributed by atoms with Crippen molar-refractivity contribution < 1.29 is 0 Å². The van der Waals surface area contributed by atoms with E-state index in [1.54, 1.807) is 0 Å². The molecule has 1 aromatic carbocycles. The molecule has 1 nitrogen and oxygen atoms in total. The average molecular weight is 300 g/mol. The fourth-order valence-corrected chi connectivity index (χ4v) is 3.58. The first kappa shape index (κ1) is 15.2. The minimum atomic E-state index is 0.380. The average Bonchev–Trinajstić information content (AvgIpc) is 2.42. The first-order valence-electron chi connectivity index (χ1n) is 7.40. The van der Waals surface area contributed by atoms with Crippen molar-refractivity contribution in [2.75, 3.05) is 6.54 Å². The van der Waals surface area contributed by atoms with E-state index in [0.29, 0.717) is 17.0 Å². The van der Waals surface area contributed by atoms with Crippen molar-refractivity contribution >= 4 is 23.2 Å². The fourth-order valence-electron chi connectivity index (χ4n) is 3.05. The predicted octanol–water partition coefficient (Wildman–Crippen LogP) is 5.61. The molecule has 0 spiro atoms. The Labute approximate surface area is 126 Å². The minimum absolute atomic E-state index is 0.380. The Bertz CT molecular complexity index is 400. The topological polar surface area (TPSA) is 12.0 Å². The molecule has 19 heavy (non-hydrogen) atoms. The summed E-state index contributed by atoms with van der Waals surface area (Å²) in [6.45, 7) is 3.24. The highest BCUT2D eigenvalue weighted by atomic mass is 35.5. The molecule has 0 amide bonds. The van der Waals surface area contributed by atoms with Gasteiger partial charge in [-0.25, -0.2) is 0 Å². The summed E-state index contributed by atoms with van der Waals surface area (Å²) < 4.78 is 0. The van der Waals surface area contributed by atoms with Gasteiger partial charge in [-0.3, -0.25) is 0 Å². The first-order valence-corrected chi connectivity index (χ1v) is 8.16. The van der Waals surface area contributed by atoms with E-state index in [1.807, 2.05) is 12.1 Å². The van der Waals surface area contributed by atoms with E-state index < -0.39 is 0 Å². The van der Waals surface area contributed by atoms with E-state index in [2.05, 4.69) is 18.3 Å². The van der Waals surface area contributed by atoms with Crippen molar-refractivity contribution in [3.8, 4) is 0 Å². The van der Waals surface area contributed by atoms with Crippen LogP contribution in [-0.2, 0) is 0 Å². The Hall–Kier alpha value is -0.240. The summed E-state index contributed by atoms with van der Waals surface area (Å²) >= 11 is 12.4. The third-order valence-corrected chi connectivity index (χ3v) is 4.60. The van der Waals surface area contributed by atoms with Gasteiger partial charge in [-0.2, -0.15) is 0 Å². The second kappa shape index (κ2) is 7.52. The molecule has 106 valence electrons. The quantitative estimate of drug-likeness (QED) is 0.744. The lowest BCUT2D eigenvalue weighted by Gasteiger charge is -2.32. The maximum atomic E-state index is 6.40. The van der Waals surface area contributed by atoms with Crippen molar-refractivity contribution in [2.45, 2.75) is 51.5 Å². The molecule has 0 heterocycles. The van der Waals surface area contributed by atoms with Crippen molar-refractivity contribution in [1.29, 1.82) is 0 Å². The number of benzene rings is 1. The number of rotatable bonds is 5. The van der Waals surface area contributed by atoms with Crippen LogP contribution in [0.3, 0.4) is 0 Å². The second-order valence-corrected chi connectivity index (χ2v) is 6.34. The zero-order valence-electron chi connectivity index (χ0n) is 11.6. The maximum absolute atomic E-state index is 6.40. The second-order valence-electron chi connectivity index (χ2n) is 5.50. The third kappa shape index (κ3) is 4.11. The van der Waals surface area contributed by atoms with Crippen LogP contribution in [0.25, 0.3) is 0 Å². The Kier molecular flexibility index (Phi) is 6.00. The highest BCUT2D eigenvalue weighted by Gasteiger charge is 2.26. The predicted molar refractivity (Wildman–Crippen MR) is 84.1 cm³/mol. The minimum Gasteiger partial charge on any atom is -0.310 e. The van der Waals surface area contributed by atoms with Crippen LogP contribution in [0.4, 0.5) is 0 Å². The molecule has 1 atom stereocenters. The molecule has 1 saturated carbocycles. The molecule has 1 aliphatic carbocycles. The van der Waals surface area contributed by atoms with E-state index in [9.17, 15) is 0 Å². The van der Waals surface area contributed by atoms with Crippen LogP contribution in [0.2, 0.25) is 10.0 Å². The van der Waals surface area contributed by atoms with Crippen molar-refractivity contribution in [1.82, 2.24) is 5.32 Å². The molecule has 1 unspecified atom stereocenters. The maximum Gasteiger partial charge on any atom is 0.0468 e. The number of hydrogen-bond acceptors (Lipinski definition) is 1. The lowest BCUT2D eigenvalue weighted by Crippen LogP contribution is -2.30.